The van der Waals surface area contributed by atoms with Crippen molar-refractivity contribution in [1.29, 1.82) is 0 Å². The van der Waals surface area contributed by atoms with E-state index in [0.29, 0.717) is 0 Å². The summed E-state index contributed by atoms with van der Waals surface area (Å²) in [5, 5.41) is 0.984. The van der Waals surface area contributed by atoms with Crippen LogP contribution in [-0.2, 0) is 0 Å². The molecule has 1 aromatic heterocycles. The number of hydrogen-bond acceptors (Lipinski definition) is 4. The molecule has 0 fully saturated rings. The number of hydrogen-bond donors (Lipinski definition) is 0. The van der Waals surface area contributed by atoms with E-state index in [1.807, 2.05) is 7.05 Å². The van der Waals surface area contributed by atoms with Crippen LogP contribution in [0.15, 0.2) is 6.33 Å². The van der Waals surface area contributed by atoms with E-state index in [9.17, 15) is 0 Å². The maximum absolute atomic E-state index is 4.02. The molecular weight excluding hydrogens is 134 g/mol. The van der Waals surface area contributed by atoms with Crippen LogP contribution in [0.1, 0.15) is 6.92 Å². The summed E-state index contributed by atoms with van der Waals surface area (Å²) in [5.74, 6) is 0. The Bertz CT molecular complexity index is 161. The van der Waals surface area contributed by atoms with Gasteiger partial charge in [0.05, 0.1) is 0 Å². The smallest absolute Gasteiger partial charge is 0.204 e. The normalized spacial score (nSPS) is 9.56. The molecule has 0 aliphatic heterocycles. The Morgan fingerprint density at radius 1 is 1.78 bits per heavy atom. The summed E-state index contributed by atoms with van der Waals surface area (Å²) in [5.41, 5.74) is 0. The first-order valence-corrected chi connectivity index (χ1v) is 3.59. The molecule has 0 amide bonds. The fourth-order valence-corrected chi connectivity index (χ4v) is 1.02. The third-order valence-electron chi connectivity index (χ3n) is 1.15. The minimum Gasteiger partial charge on any atom is -0.350 e. The van der Waals surface area contributed by atoms with Gasteiger partial charge in [0.2, 0.25) is 5.13 Å². The van der Waals surface area contributed by atoms with Crippen molar-refractivity contribution in [3.8, 4) is 0 Å². The average molecular weight is 143 g/mol. The maximum atomic E-state index is 4.02. The number of aromatic nitrogens is 2. The van der Waals surface area contributed by atoms with E-state index in [2.05, 4.69) is 21.2 Å². The van der Waals surface area contributed by atoms with Crippen molar-refractivity contribution < 1.29 is 0 Å². The van der Waals surface area contributed by atoms with E-state index in [0.717, 1.165) is 11.7 Å². The average Bonchev–Trinajstić information content (AvgIpc) is 2.37. The van der Waals surface area contributed by atoms with Gasteiger partial charge in [-0.25, -0.2) is 4.98 Å². The van der Waals surface area contributed by atoms with Gasteiger partial charge in [-0.15, -0.1) is 0 Å². The molecule has 0 aliphatic carbocycles. The predicted octanol–water partition coefficient (Wildman–Crippen LogP) is 0.994. The standard InChI is InChI=1S/C5H9N3S/c1-3-8(2)5-6-4-7-9-5/h4H,3H2,1-2H3. The number of anilines is 1. The van der Waals surface area contributed by atoms with Crippen LogP contribution in [0.5, 0.6) is 0 Å². The molecular formula is C5H9N3S. The Balaban J connectivity index is 2.65. The molecule has 0 atom stereocenters. The summed E-state index contributed by atoms with van der Waals surface area (Å²) in [6.07, 6.45) is 1.58. The van der Waals surface area contributed by atoms with Gasteiger partial charge >= 0.3 is 0 Å². The van der Waals surface area contributed by atoms with Crippen LogP contribution in [0.3, 0.4) is 0 Å². The van der Waals surface area contributed by atoms with Crippen molar-refractivity contribution in [2.24, 2.45) is 0 Å². The minimum atomic E-state index is 0.981. The van der Waals surface area contributed by atoms with Gasteiger partial charge in [0.25, 0.3) is 0 Å². The molecule has 9 heavy (non-hydrogen) atoms. The largest absolute Gasteiger partial charge is 0.350 e. The lowest BCUT2D eigenvalue weighted by Crippen LogP contribution is -2.14. The molecule has 1 aromatic rings. The quantitative estimate of drug-likeness (QED) is 0.618. The highest BCUT2D eigenvalue weighted by Gasteiger charge is 1.98. The van der Waals surface area contributed by atoms with Crippen LogP contribution >= 0.6 is 11.5 Å². The molecule has 0 saturated carbocycles. The minimum absolute atomic E-state index is 0.981. The van der Waals surface area contributed by atoms with Crippen LogP contribution in [0, 0.1) is 0 Å². The van der Waals surface area contributed by atoms with Gasteiger partial charge in [-0.3, -0.25) is 0 Å². The second-order valence-electron chi connectivity index (χ2n) is 1.74. The summed E-state index contributed by atoms with van der Waals surface area (Å²) in [4.78, 5) is 6.07. The zero-order chi connectivity index (χ0) is 6.69. The summed E-state index contributed by atoms with van der Waals surface area (Å²) in [7, 11) is 2.00. The highest BCUT2D eigenvalue weighted by Crippen LogP contribution is 2.10. The Morgan fingerprint density at radius 3 is 3.00 bits per heavy atom. The van der Waals surface area contributed by atoms with E-state index < -0.39 is 0 Å². The molecule has 3 nitrogen and oxygen atoms in total. The summed E-state index contributed by atoms with van der Waals surface area (Å²) >= 11 is 1.42. The van der Waals surface area contributed by atoms with Gasteiger partial charge in [0.1, 0.15) is 6.33 Å². The molecule has 4 heteroatoms. The highest BCUT2D eigenvalue weighted by atomic mass is 32.1. The predicted molar refractivity (Wildman–Crippen MR) is 38.9 cm³/mol. The van der Waals surface area contributed by atoms with Crippen LogP contribution in [0.2, 0.25) is 0 Å². The van der Waals surface area contributed by atoms with E-state index in [1.165, 1.54) is 11.5 Å². The van der Waals surface area contributed by atoms with Gasteiger partial charge in [-0.2, -0.15) is 4.37 Å². The van der Waals surface area contributed by atoms with Crippen molar-refractivity contribution in [2.75, 3.05) is 18.5 Å². The van der Waals surface area contributed by atoms with E-state index >= 15 is 0 Å². The molecule has 0 unspecified atom stereocenters. The molecule has 1 rings (SSSR count). The third kappa shape index (κ3) is 1.38. The molecule has 0 radical (unpaired) electrons. The molecule has 50 valence electrons. The maximum Gasteiger partial charge on any atom is 0.204 e. The van der Waals surface area contributed by atoms with E-state index in [1.54, 1.807) is 6.33 Å². The highest BCUT2D eigenvalue weighted by molar-refractivity contribution is 7.09. The number of nitrogens with zero attached hydrogens (tertiary/aromatic N) is 3. The summed E-state index contributed by atoms with van der Waals surface area (Å²) in [6.45, 7) is 3.07. The fourth-order valence-electron chi connectivity index (χ4n) is 0.471. The van der Waals surface area contributed by atoms with Crippen molar-refractivity contribution in [2.45, 2.75) is 6.92 Å². The zero-order valence-corrected chi connectivity index (χ0v) is 6.35. The van der Waals surface area contributed by atoms with Crippen LogP contribution in [0.25, 0.3) is 0 Å². The number of rotatable bonds is 2. The van der Waals surface area contributed by atoms with Gasteiger partial charge < -0.3 is 4.90 Å². The van der Waals surface area contributed by atoms with Crippen molar-refractivity contribution >= 4 is 16.7 Å². The molecule has 0 aliphatic rings. The van der Waals surface area contributed by atoms with Crippen LogP contribution in [-0.4, -0.2) is 22.9 Å². The molecule has 0 bridgehead atoms. The fraction of sp³-hybridized carbons (Fsp3) is 0.600. The molecule has 0 N–H and O–H groups in total. The first-order chi connectivity index (χ1) is 4.34. The van der Waals surface area contributed by atoms with Crippen molar-refractivity contribution in [1.82, 2.24) is 9.36 Å². The van der Waals surface area contributed by atoms with Crippen molar-refractivity contribution in [3.63, 3.8) is 0 Å². The molecule has 0 saturated heterocycles. The lowest BCUT2D eigenvalue weighted by atomic mass is 10.7. The lowest BCUT2D eigenvalue weighted by molar-refractivity contribution is 0.957. The van der Waals surface area contributed by atoms with E-state index in [-0.39, 0.29) is 0 Å². The first-order valence-electron chi connectivity index (χ1n) is 2.82. The Labute approximate surface area is 58.5 Å². The summed E-state index contributed by atoms with van der Waals surface area (Å²) < 4.78 is 3.88. The zero-order valence-electron chi connectivity index (χ0n) is 5.53. The Hall–Kier alpha value is -0.640. The van der Waals surface area contributed by atoms with E-state index in [4.69, 9.17) is 0 Å². The third-order valence-corrected chi connectivity index (χ3v) is 1.93. The topological polar surface area (TPSA) is 29.0 Å². The monoisotopic (exact) mass is 143 g/mol. The first kappa shape index (κ1) is 6.48. The van der Waals surface area contributed by atoms with Crippen LogP contribution in [0.4, 0.5) is 5.13 Å². The van der Waals surface area contributed by atoms with Gasteiger partial charge in [-0.1, -0.05) is 0 Å². The molecule has 1 heterocycles. The van der Waals surface area contributed by atoms with Gasteiger partial charge in [0.15, 0.2) is 0 Å². The van der Waals surface area contributed by atoms with Crippen LogP contribution < -0.4 is 4.90 Å². The Kier molecular flexibility index (Phi) is 2.00. The molecule has 0 spiro atoms. The SMILES string of the molecule is CCN(C)c1ncns1. The van der Waals surface area contributed by atoms with Gasteiger partial charge in [-0.05, 0) is 6.92 Å². The lowest BCUT2D eigenvalue weighted by Gasteiger charge is -2.09. The second-order valence-corrected chi connectivity index (χ2v) is 2.50. The second kappa shape index (κ2) is 2.77. The van der Waals surface area contributed by atoms with Gasteiger partial charge in [0, 0.05) is 25.1 Å². The Morgan fingerprint density at radius 2 is 2.56 bits per heavy atom. The van der Waals surface area contributed by atoms with Crippen molar-refractivity contribution in [3.05, 3.63) is 6.33 Å². The molecule has 0 aromatic carbocycles. The summed E-state index contributed by atoms with van der Waals surface area (Å²) in [6, 6.07) is 0.